The molecule has 0 unspecified atom stereocenters. The normalized spacial score (nSPS) is 10.9. The van der Waals surface area contributed by atoms with Crippen molar-refractivity contribution in [3.63, 3.8) is 0 Å². The number of halogens is 4. The fourth-order valence-electron chi connectivity index (χ4n) is 1.80. The van der Waals surface area contributed by atoms with E-state index in [4.69, 9.17) is 4.74 Å². The maximum Gasteiger partial charge on any atom is 1.00 e. The first-order chi connectivity index (χ1) is 9.36. The Balaban J connectivity index is 0.00000220. The van der Waals surface area contributed by atoms with Gasteiger partial charge >= 0.3 is 58.4 Å². The van der Waals surface area contributed by atoms with Gasteiger partial charge in [0.2, 0.25) is 0 Å². The second kappa shape index (κ2) is 7.78. The fraction of sp³-hybridized carbons (Fsp3) is 0.143. The molecule has 7 heteroatoms. The van der Waals surface area contributed by atoms with Crippen LogP contribution < -0.4 is 61.6 Å². The van der Waals surface area contributed by atoms with E-state index < -0.39 is 18.3 Å². The summed E-state index contributed by atoms with van der Waals surface area (Å²) in [6.45, 7) is -3.58. The van der Waals surface area contributed by atoms with Crippen LogP contribution >= 0.6 is 0 Å². The molecule has 0 heterocycles. The Kier molecular flexibility index (Phi) is 6.93. The van der Waals surface area contributed by atoms with E-state index in [2.05, 4.69) is 0 Å². The summed E-state index contributed by atoms with van der Waals surface area (Å²) in [4.78, 5) is 0. The van der Waals surface area contributed by atoms with Crippen LogP contribution in [-0.2, 0) is 6.61 Å². The molecule has 0 bridgehead atoms. The molecule has 0 radical (unpaired) electrons. The molecule has 0 atom stereocenters. The zero-order valence-corrected chi connectivity index (χ0v) is 14.9. The van der Waals surface area contributed by atoms with Gasteiger partial charge in [-0.1, -0.05) is 35.3 Å². The van der Waals surface area contributed by atoms with Crippen molar-refractivity contribution in [2.24, 2.45) is 0 Å². The van der Waals surface area contributed by atoms with Crippen molar-refractivity contribution in [2.75, 3.05) is 0 Å². The third kappa shape index (κ3) is 5.41. The molecule has 2 aromatic carbocycles. The minimum atomic E-state index is -5.13. The predicted molar refractivity (Wildman–Crippen MR) is 70.6 cm³/mol. The summed E-state index contributed by atoms with van der Waals surface area (Å²) in [6, 6.07) is 9.36. The molecule has 21 heavy (non-hydrogen) atoms. The van der Waals surface area contributed by atoms with Crippen molar-refractivity contribution in [1.82, 2.24) is 0 Å². The van der Waals surface area contributed by atoms with Crippen molar-refractivity contribution >= 4 is 12.4 Å². The third-order valence-corrected chi connectivity index (χ3v) is 2.83. The zero-order chi connectivity index (χ0) is 14.8. The van der Waals surface area contributed by atoms with Crippen LogP contribution in [0.15, 0.2) is 42.5 Å². The first-order valence-electron chi connectivity index (χ1n) is 6.04. The van der Waals surface area contributed by atoms with Gasteiger partial charge in [0.1, 0.15) is 12.4 Å². The molecule has 0 saturated heterocycles. The van der Waals surface area contributed by atoms with Gasteiger partial charge in [-0.05, 0) is 30.7 Å². The summed E-state index contributed by atoms with van der Waals surface area (Å²) in [5.41, 5.74) is 0.382. The van der Waals surface area contributed by atoms with E-state index in [9.17, 15) is 17.3 Å². The predicted octanol–water partition coefficient (Wildman–Crippen LogP) is 0.772. The van der Waals surface area contributed by atoms with Crippen LogP contribution in [-0.4, -0.2) is 6.98 Å². The van der Waals surface area contributed by atoms with Gasteiger partial charge in [-0.25, -0.2) is 4.39 Å². The number of hydrogen-bond donors (Lipinski definition) is 0. The van der Waals surface area contributed by atoms with Crippen LogP contribution in [0.4, 0.5) is 17.3 Å². The minimum Gasteiger partial charge on any atom is -0.492 e. The van der Waals surface area contributed by atoms with Crippen LogP contribution in [0.2, 0.25) is 0 Å². The van der Waals surface area contributed by atoms with Crippen molar-refractivity contribution in [3.05, 3.63) is 59.4 Å². The molecule has 0 amide bonds. The standard InChI is InChI=1S/C14H12BF4O.K/c1-10-2-7-14(13(8-10)15(17,18)19)20-9-11-3-5-12(16)6-4-11;/h2-8H,9H2,1H3;/q-1;+1. The quantitative estimate of drug-likeness (QED) is 0.597. The fourth-order valence-corrected chi connectivity index (χ4v) is 1.80. The average Bonchev–Trinajstić information content (AvgIpc) is 2.38. The molecule has 2 aromatic rings. The van der Waals surface area contributed by atoms with Crippen LogP contribution in [0, 0.1) is 12.7 Å². The van der Waals surface area contributed by atoms with Crippen LogP contribution in [0.25, 0.3) is 0 Å². The minimum absolute atomic E-state index is 0. The molecule has 2 rings (SSSR count). The smallest absolute Gasteiger partial charge is 0.492 e. The van der Waals surface area contributed by atoms with Gasteiger partial charge in [-0.2, -0.15) is 0 Å². The Hall–Kier alpha value is -0.339. The Labute approximate surface area is 163 Å². The van der Waals surface area contributed by atoms with Gasteiger partial charge < -0.3 is 17.7 Å². The second-order valence-corrected chi connectivity index (χ2v) is 4.53. The van der Waals surface area contributed by atoms with Gasteiger partial charge in [-0.15, -0.1) is 0 Å². The number of ether oxygens (including phenoxy) is 1. The summed E-state index contributed by atoms with van der Waals surface area (Å²) in [7, 11) is 0. The van der Waals surface area contributed by atoms with Gasteiger partial charge in [-0.3, -0.25) is 0 Å². The van der Waals surface area contributed by atoms with Gasteiger partial charge in [0.25, 0.3) is 0 Å². The van der Waals surface area contributed by atoms with Crippen LogP contribution in [0.5, 0.6) is 5.75 Å². The zero-order valence-electron chi connectivity index (χ0n) is 11.7. The summed E-state index contributed by atoms with van der Waals surface area (Å²) < 4.78 is 56.8. The molecule has 1 nitrogen and oxygen atoms in total. The molecular weight excluding hydrogens is 310 g/mol. The number of hydrogen-bond acceptors (Lipinski definition) is 1. The van der Waals surface area contributed by atoms with Gasteiger partial charge in [0.15, 0.2) is 0 Å². The Bertz CT molecular complexity index is 599. The molecule has 0 fully saturated rings. The summed E-state index contributed by atoms with van der Waals surface area (Å²) in [5.74, 6) is -0.601. The Morgan fingerprint density at radius 2 is 1.62 bits per heavy atom. The molecule has 0 spiro atoms. The molecule has 0 saturated carbocycles. The molecule has 0 aliphatic heterocycles. The van der Waals surface area contributed by atoms with E-state index >= 15 is 0 Å². The number of aryl methyl sites for hydroxylation is 1. The summed E-state index contributed by atoms with van der Waals surface area (Å²) in [6.07, 6.45) is 0. The van der Waals surface area contributed by atoms with Crippen LogP contribution in [0.3, 0.4) is 0 Å². The van der Waals surface area contributed by atoms with E-state index in [1.54, 1.807) is 13.0 Å². The molecular formula is C14H12BF4KO. The monoisotopic (exact) mass is 322 g/mol. The van der Waals surface area contributed by atoms with Crippen molar-refractivity contribution in [3.8, 4) is 5.75 Å². The van der Waals surface area contributed by atoms with E-state index in [0.29, 0.717) is 11.1 Å². The van der Waals surface area contributed by atoms with Gasteiger partial charge in [0.05, 0.1) is 5.75 Å². The summed E-state index contributed by atoms with van der Waals surface area (Å²) >= 11 is 0. The molecule has 0 aromatic heterocycles. The SMILES string of the molecule is Cc1ccc(OCc2ccc(F)cc2)c([B-](F)(F)F)c1.[K+]. The first kappa shape index (κ1) is 18.7. The van der Waals surface area contributed by atoms with Crippen LogP contribution in [0.1, 0.15) is 11.1 Å². The van der Waals surface area contributed by atoms with E-state index in [1.165, 1.54) is 30.3 Å². The summed E-state index contributed by atoms with van der Waals surface area (Å²) in [5, 5.41) is 0. The van der Waals surface area contributed by atoms with Gasteiger partial charge in [0, 0.05) is 0 Å². The molecule has 106 valence electrons. The largest absolute Gasteiger partial charge is 1.00 e. The van der Waals surface area contributed by atoms with E-state index in [1.807, 2.05) is 0 Å². The third-order valence-electron chi connectivity index (χ3n) is 2.83. The first-order valence-corrected chi connectivity index (χ1v) is 6.04. The maximum absolute atomic E-state index is 12.9. The molecule has 0 N–H and O–H groups in total. The number of benzene rings is 2. The topological polar surface area (TPSA) is 9.23 Å². The Morgan fingerprint density at radius 1 is 1.00 bits per heavy atom. The Morgan fingerprint density at radius 3 is 2.19 bits per heavy atom. The van der Waals surface area contributed by atoms with E-state index in [0.717, 1.165) is 6.07 Å². The average molecular weight is 322 g/mol. The maximum atomic E-state index is 12.9. The van der Waals surface area contributed by atoms with E-state index in [-0.39, 0.29) is 63.7 Å². The molecule has 0 aliphatic rings. The van der Waals surface area contributed by atoms with Crippen molar-refractivity contribution in [1.29, 1.82) is 0 Å². The van der Waals surface area contributed by atoms with Crippen molar-refractivity contribution in [2.45, 2.75) is 13.5 Å². The van der Waals surface area contributed by atoms with Crippen molar-refractivity contribution < 1.29 is 73.5 Å². The molecule has 0 aliphatic carbocycles. The second-order valence-electron chi connectivity index (χ2n) is 4.53. The number of rotatable bonds is 4.